The summed E-state index contributed by atoms with van der Waals surface area (Å²) in [6.07, 6.45) is 3.16. The van der Waals surface area contributed by atoms with Gasteiger partial charge >= 0.3 is 0 Å². The van der Waals surface area contributed by atoms with Gasteiger partial charge in [0.1, 0.15) is 11.3 Å². The van der Waals surface area contributed by atoms with Crippen LogP contribution in [-0.4, -0.2) is 14.5 Å². The van der Waals surface area contributed by atoms with E-state index in [2.05, 4.69) is 17.6 Å². The molecule has 0 atom stereocenters. The molecule has 0 radical (unpaired) electrons. The monoisotopic (exact) mass is 319 g/mol. The van der Waals surface area contributed by atoms with Gasteiger partial charge in [-0.15, -0.1) is 0 Å². The van der Waals surface area contributed by atoms with Crippen molar-refractivity contribution in [3.8, 4) is 5.69 Å². The minimum absolute atomic E-state index is 0.234. The summed E-state index contributed by atoms with van der Waals surface area (Å²) < 4.78 is 15.4. The Hall–Kier alpha value is -2.75. The molecule has 4 rings (SSSR count). The van der Waals surface area contributed by atoms with Crippen molar-refractivity contribution in [3.05, 3.63) is 66.1 Å². The van der Waals surface area contributed by atoms with Crippen LogP contribution in [0.5, 0.6) is 0 Å². The molecule has 2 aromatic carbocycles. The Morgan fingerprint density at radius 2 is 1.62 bits per heavy atom. The van der Waals surface area contributed by atoms with Gasteiger partial charge in [0.2, 0.25) is 0 Å². The molecule has 4 aromatic rings. The summed E-state index contributed by atoms with van der Waals surface area (Å²) in [4.78, 5) is 9.56. The zero-order valence-corrected chi connectivity index (χ0v) is 13.5. The van der Waals surface area contributed by atoms with Crippen molar-refractivity contribution in [2.75, 3.05) is 0 Å². The number of benzene rings is 2. The molecule has 0 unspecified atom stereocenters. The Kier molecular flexibility index (Phi) is 3.73. The quantitative estimate of drug-likeness (QED) is 0.526. The van der Waals surface area contributed by atoms with Crippen LogP contribution in [0.2, 0.25) is 0 Å². The first-order valence-electron chi connectivity index (χ1n) is 8.29. The maximum atomic E-state index is 13.3. The summed E-state index contributed by atoms with van der Waals surface area (Å²) in [6, 6.07) is 16.5. The van der Waals surface area contributed by atoms with Crippen molar-refractivity contribution in [1.82, 2.24) is 14.5 Å². The Labute approximate surface area is 139 Å². The molecule has 0 saturated carbocycles. The fourth-order valence-corrected chi connectivity index (χ4v) is 3.04. The molecule has 0 aliphatic rings. The molecule has 4 heteroatoms. The lowest BCUT2D eigenvalue weighted by atomic mass is 10.2. The van der Waals surface area contributed by atoms with Crippen molar-refractivity contribution in [2.24, 2.45) is 0 Å². The second-order valence-corrected chi connectivity index (χ2v) is 5.97. The van der Waals surface area contributed by atoms with Gasteiger partial charge in [0.25, 0.3) is 0 Å². The number of fused-ring (bicyclic) bond motifs is 2. The van der Waals surface area contributed by atoms with E-state index in [-0.39, 0.29) is 5.82 Å². The normalized spacial score (nSPS) is 11.4. The van der Waals surface area contributed by atoms with E-state index in [0.717, 1.165) is 52.8 Å². The first-order chi connectivity index (χ1) is 11.8. The standard InChI is InChI=1S/C20H18FN3/c1-2-3-6-16-13-19-20(23-18-8-5-4-7-17(18)22-19)24(16)15-11-9-14(21)10-12-15/h4-5,7-13H,2-3,6H2,1H3. The number of halogens is 1. The van der Waals surface area contributed by atoms with Crippen molar-refractivity contribution in [1.29, 1.82) is 0 Å². The lowest BCUT2D eigenvalue weighted by Gasteiger charge is -2.10. The fraction of sp³-hybridized carbons (Fsp3) is 0.200. The van der Waals surface area contributed by atoms with Gasteiger partial charge in [0, 0.05) is 11.4 Å². The van der Waals surface area contributed by atoms with E-state index in [4.69, 9.17) is 9.97 Å². The lowest BCUT2D eigenvalue weighted by Crippen LogP contribution is -2.01. The molecular weight excluding hydrogens is 301 g/mol. The molecule has 0 saturated heterocycles. The van der Waals surface area contributed by atoms with Gasteiger partial charge in [-0.2, -0.15) is 0 Å². The number of para-hydroxylation sites is 2. The summed E-state index contributed by atoms with van der Waals surface area (Å²) in [5.74, 6) is -0.234. The second kappa shape index (κ2) is 6.04. The summed E-state index contributed by atoms with van der Waals surface area (Å²) in [5.41, 5.74) is 5.54. The van der Waals surface area contributed by atoms with Crippen LogP contribution in [-0.2, 0) is 6.42 Å². The van der Waals surface area contributed by atoms with Gasteiger partial charge in [0.05, 0.1) is 11.0 Å². The van der Waals surface area contributed by atoms with Gasteiger partial charge in [-0.25, -0.2) is 14.4 Å². The number of aromatic nitrogens is 3. The van der Waals surface area contributed by atoms with Crippen LogP contribution < -0.4 is 0 Å². The summed E-state index contributed by atoms with van der Waals surface area (Å²) in [5, 5.41) is 0. The number of hydrogen-bond donors (Lipinski definition) is 0. The third-order valence-corrected chi connectivity index (χ3v) is 4.25. The Morgan fingerprint density at radius 3 is 2.33 bits per heavy atom. The van der Waals surface area contributed by atoms with E-state index in [0.29, 0.717) is 0 Å². The highest BCUT2D eigenvalue weighted by Crippen LogP contribution is 2.25. The molecule has 0 amide bonds. The largest absolute Gasteiger partial charge is 0.297 e. The highest BCUT2D eigenvalue weighted by Gasteiger charge is 2.14. The fourth-order valence-electron chi connectivity index (χ4n) is 3.04. The van der Waals surface area contributed by atoms with E-state index < -0.39 is 0 Å². The second-order valence-electron chi connectivity index (χ2n) is 5.97. The molecule has 24 heavy (non-hydrogen) atoms. The van der Waals surface area contributed by atoms with Gasteiger partial charge in [-0.3, -0.25) is 4.57 Å². The molecule has 0 N–H and O–H groups in total. The van der Waals surface area contributed by atoms with Gasteiger partial charge in [-0.1, -0.05) is 25.5 Å². The molecule has 0 aliphatic carbocycles. The van der Waals surface area contributed by atoms with Gasteiger partial charge < -0.3 is 0 Å². The first-order valence-corrected chi connectivity index (χ1v) is 8.29. The Bertz CT molecular complexity index is 1000. The van der Waals surface area contributed by atoms with Crippen molar-refractivity contribution < 1.29 is 4.39 Å². The first kappa shape index (κ1) is 14.8. The average molecular weight is 319 g/mol. The third kappa shape index (κ3) is 2.54. The third-order valence-electron chi connectivity index (χ3n) is 4.25. The van der Waals surface area contributed by atoms with Crippen LogP contribution in [0.4, 0.5) is 4.39 Å². The van der Waals surface area contributed by atoms with Gasteiger partial charge in [0.15, 0.2) is 5.65 Å². The summed E-state index contributed by atoms with van der Waals surface area (Å²) >= 11 is 0. The zero-order valence-electron chi connectivity index (χ0n) is 13.5. The van der Waals surface area contributed by atoms with E-state index in [9.17, 15) is 4.39 Å². The predicted molar refractivity (Wildman–Crippen MR) is 94.9 cm³/mol. The van der Waals surface area contributed by atoms with E-state index in [1.165, 1.54) is 12.1 Å². The van der Waals surface area contributed by atoms with Crippen LogP contribution in [0, 0.1) is 5.82 Å². The van der Waals surface area contributed by atoms with Crippen LogP contribution in [0.1, 0.15) is 25.5 Å². The molecule has 3 nitrogen and oxygen atoms in total. The topological polar surface area (TPSA) is 30.7 Å². The molecule has 0 fully saturated rings. The van der Waals surface area contributed by atoms with Crippen molar-refractivity contribution >= 4 is 22.2 Å². The van der Waals surface area contributed by atoms with E-state index >= 15 is 0 Å². The molecule has 2 aromatic heterocycles. The minimum Gasteiger partial charge on any atom is -0.297 e. The number of hydrogen-bond acceptors (Lipinski definition) is 2. The highest BCUT2D eigenvalue weighted by atomic mass is 19.1. The Balaban J connectivity index is 1.99. The summed E-state index contributed by atoms with van der Waals surface area (Å²) in [6.45, 7) is 2.18. The lowest BCUT2D eigenvalue weighted by molar-refractivity contribution is 0.627. The molecule has 0 aliphatic heterocycles. The Morgan fingerprint density at radius 1 is 0.917 bits per heavy atom. The van der Waals surface area contributed by atoms with Crippen molar-refractivity contribution in [2.45, 2.75) is 26.2 Å². The number of rotatable bonds is 4. The smallest absolute Gasteiger partial charge is 0.164 e. The van der Waals surface area contributed by atoms with Crippen LogP contribution in [0.15, 0.2) is 54.6 Å². The maximum absolute atomic E-state index is 13.3. The van der Waals surface area contributed by atoms with Crippen LogP contribution >= 0.6 is 0 Å². The highest BCUT2D eigenvalue weighted by molar-refractivity contribution is 5.86. The summed E-state index contributed by atoms with van der Waals surface area (Å²) in [7, 11) is 0. The van der Waals surface area contributed by atoms with Crippen LogP contribution in [0.3, 0.4) is 0 Å². The molecule has 2 heterocycles. The van der Waals surface area contributed by atoms with Crippen molar-refractivity contribution in [3.63, 3.8) is 0 Å². The SMILES string of the molecule is CCCCc1cc2nc3ccccc3nc2n1-c1ccc(F)cc1. The van der Waals surface area contributed by atoms with Crippen LogP contribution in [0.25, 0.3) is 27.9 Å². The average Bonchev–Trinajstić information content (AvgIpc) is 2.96. The predicted octanol–water partition coefficient (Wildman–Crippen LogP) is 5.06. The number of nitrogens with zero attached hydrogens (tertiary/aromatic N) is 3. The van der Waals surface area contributed by atoms with Gasteiger partial charge in [-0.05, 0) is 55.3 Å². The molecule has 0 bridgehead atoms. The number of aryl methyl sites for hydroxylation is 1. The molecule has 0 spiro atoms. The molecule has 120 valence electrons. The minimum atomic E-state index is -0.234. The van der Waals surface area contributed by atoms with E-state index in [1.54, 1.807) is 12.1 Å². The zero-order chi connectivity index (χ0) is 16.5. The maximum Gasteiger partial charge on any atom is 0.164 e. The van der Waals surface area contributed by atoms with E-state index in [1.807, 2.05) is 24.3 Å². The molecular formula is C20H18FN3. The number of unbranched alkanes of at least 4 members (excludes halogenated alkanes) is 1.